The number of hydrogen-bond acceptors (Lipinski definition) is 7. The van der Waals surface area contributed by atoms with Gasteiger partial charge in [0.1, 0.15) is 4.90 Å². The highest BCUT2D eigenvalue weighted by Crippen LogP contribution is 2.26. The Hall–Kier alpha value is -1.72. The van der Waals surface area contributed by atoms with E-state index in [1.54, 1.807) is 0 Å². The van der Waals surface area contributed by atoms with Gasteiger partial charge in [0.15, 0.2) is 6.61 Å². The molecular weight excluding hydrogens is 400 g/mol. The van der Waals surface area contributed by atoms with Crippen molar-refractivity contribution in [2.24, 2.45) is 0 Å². The van der Waals surface area contributed by atoms with Crippen LogP contribution in [0.15, 0.2) is 23.1 Å². The van der Waals surface area contributed by atoms with Gasteiger partial charge in [-0.05, 0) is 18.2 Å². The number of amides is 1. The van der Waals surface area contributed by atoms with E-state index in [-0.39, 0.29) is 48.3 Å². The zero-order chi connectivity index (χ0) is 19.9. The van der Waals surface area contributed by atoms with Gasteiger partial charge < -0.3 is 19.5 Å². The number of methoxy groups -OCH3 is 1. The number of benzene rings is 1. The van der Waals surface area contributed by atoms with Gasteiger partial charge in [-0.25, -0.2) is 13.2 Å². The van der Waals surface area contributed by atoms with Crippen LogP contribution in [0.5, 0.6) is 0 Å². The summed E-state index contributed by atoms with van der Waals surface area (Å²) in [5.41, 5.74) is -0.0177. The summed E-state index contributed by atoms with van der Waals surface area (Å²) in [6.45, 7) is 1.11. The number of ether oxygens (including phenoxy) is 3. The quantitative estimate of drug-likeness (QED) is 0.475. The minimum atomic E-state index is -3.87. The predicted molar refractivity (Wildman–Crippen MR) is 96.2 cm³/mol. The zero-order valence-corrected chi connectivity index (χ0v) is 16.3. The third kappa shape index (κ3) is 5.88. The Labute approximate surface area is 162 Å². The van der Waals surface area contributed by atoms with E-state index in [2.05, 4.69) is 5.32 Å². The first kappa shape index (κ1) is 21.6. The zero-order valence-electron chi connectivity index (χ0n) is 14.8. The van der Waals surface area contributed by atoms with Crippen LogP contribution >= 0.6 is 11.6 Å². The fraction of sp³-hybridized carbons (Fsp3) is 0.500. The Kier molecular flexibility index (Phi) is 7.99. The average molecular weight is 421 g/mol. The fourth-order valence-corrected chi connectivity index (χ4v) is 4.22. The molecule has 0 spiro atoms. The van der Waals surface area contributed by atoms with Crippen LogP contribution < -0.4 is 5.32 Å². The molecule has 1 heterocycles. The summed E-state index contributed by atoms with van der Waals surface area (Å²) in [4.78, 5) is 23.5. The van der Waals surface area contributed by atoms with Gasteiger partial charge in [0.2, 0.25) is 10.0 Å². The Morgan fingerprint density at radius 1 is 1.30 bits per heavy atom. The number of nitrogens with zero attached hydrogens (tertiary/aromatic N) is 1. The van der Waals surface area contributed by atoms with Crippen molar-refractivity contribution in [3.63, 3.8) is 0 Å². The Morgan fingerprint density at radius 3 is 2.67 bits per heavy atom. The van der Waals surface area contributed by atoms with Crippen LogP contribution in [-0.2, 0) is 29.0 Å². The molecule has 0 bridgehead atoms. The number of carbonyl (C=O) groups is 2. The lowest BCUT2D eigenvalue weighted by molar-refractivity contribution is -0.124. The van der Waals surface area contributed by atoms with Crippen LogP contribution in [0.2, 0.25) is 5.02 Å². The van der Waals surface area contributed by atoms with Crippen molar-refractivity contribution in [2.75, 3.05) is 53.2 Å². The smallest absolute Gasteiger partial charge is 0.338 e. The first-order valence-corrected chi connectivity index (χ1v) is 9.98. The molecule has 1 N–H and O–H groups in total. The van der Waals surface area contributed by atoms with Gasteiger partial charge in [0, 0.05) is 26.7 Å². The number of carbonyl (C=O) groups excluding carboxylic acids is 2. The van der Waals surface area contributed by atoms with Crippen LogP contribution in [0.25, 0.3) is 0 Å². The van der Waals surface area contributed by atoms with Crippen molar-refractivity contribution < 1.29 is 32.2 Å². The minimum absolute atomic E-state index is 0.00431. The van der Waals surface area contributed by atoms with E-state index in [1.807, 2.05) is 0 Å². The molecule has 2 rings (SSSR count). The topological polar surface area (TPSA) is 111 Å². The molecule has 0 unspecified atom stereocenters. The Morgan fingerprint density at radius 2 is 2.00 bits per heavy atom. The van der Waals surface area contributed by atoms with Crippen LogP contribution in [0.3, 0.4) is 0 Å². The lowest BCUT2D eigenvalue weighted by atomic mass is 10.2. The van der Waals surface area contributed by atoms with E-state index in [0.717, 1.165) is 6.07 Å². The summed E-state index contributed by atoms with van der Waals surface area (Å²) < 4.78 is 41.6. The van der Waals surface area contributed by atoms with Crippen molar-refractivity contribution in [3.05, 3.63) is 28.8 Å². The summed E-state index contributed by atoms with van der Waals surface area (Å²) in [6.07, 6.45) is 0. The summed E-state index contributed by atoms with van der Waals surface area (Å²) in [6, 6.07) is 3.80. The van der Waals surface area contributed by atoms with Gasteiger partial charge in [0.25, 0.3) is 5.91 Å². The predicted octanol–water partition coefficient (Wildman–Crippen LogP) is 0.280. The number of halogens is 1. The molecule has 1 saturated heterocycles. The molecular formula is C16H21ClN2O7S. The summed E-state index contributed by atoms with van der Waals surface area (Å²) in [5, 5.41) is 2.50. The van der Waals surface area contributed by atoms with Gasteiger partial charge in [-0.15, -0.1) is 0 Å². The maximum Gasteiger partial charge on any atom is 0.338 e. The SMILES string of the molecule is COCCNC(=O)COC(=O)c1ccc(Cl)c(S(=O)(=O)N2CCOCC2)c1. The van der Waals surface area contributed by atoms with E-state index >= 15 is 0 Å². The largest absolute Gasteiger partial charge is 0.452 e. The van der Waals surface area contributed by atoms with Gasteiger partial charge in [-0.1, -0.05) is 11.6 Å². The Bertz CT molecular complexity index is 779. The molecule has 1 fully saturated rings. The third-order valence-corrected chi connectivity index (χ3v) is 6.10. The number of sulfonamides is 1. The molecule has 1 aliphatic rings. The highest BCUT2D eigenvalue weighted by Gasteiger charge is 2.29. The standard InChI is InChI=1S/C16H21ClN2O7S/c1-24-7-4-18-15(20)11-26-16(21)12-2-3-13(17)14(10-12)27(22,23)19-5-8-25-9-6-19/h2-3,10H,4-9,11H2,1H3,(H,18,20). The number of esters is 1. The van der Waals surface area contributed by atoms with E-state index in [1.165, 1.54) is 23.5 Å². The summed E-state index contributed by atoms with van der Waals surface area (Å²) in [5.74, 6) is -1.32. The van der Waals surface area contributed by atoms with Gasteiger partial charge >= 0.3 is 5.97 Å². The first-order valence-electron chi connectivity index (χ1n) is 8.16. The second-order valence-electron chi connectivity index (χ2n) is 5.58. The number of rotatable bonds is 8. The third-order valence-electron chi connectivity index (χ3n) is 3.72. The lowest BCUT2D eigenvalue weighted by Gasteiger charge is -2.26. The lowest BCUT2D eigenvalue weighted by Crippen LogP contribution is -2.40. The molecule has 0 aromatic heterocycles. The molecule has 11 heteroatoms. The number of hydrogen-bond donors (Lipinski definition) is 1. The highest BCUT2D eigenvalue weighted by molar-refractivity contribution is 7.89. The van der Waals surface area contributed by atoms with Crippen LogP contribution in [-0.4, -0.2) is 77.8 Å². The second kappa shape index (κ2) is 10.00. The normalized spacial score (nSPS) is 15.3. The van der Waals surface area contributed by atoms with Crippen LogP contribution in [0, 0.1) is 0 Å². The molecule has 1 aromatic rings. The molecule has 1 aromatic carbocycles. The molecule has 0 saturated carbocycles. The van der Waals surface area contributed by atoms with Crippen LogP contribution in [0.4, 0.5) is 0 Å². The molecule has 1 amide bonds. The molecule has 27 heavy (non-hydrogen) atoms. The monoisotopic (exact) mass is 420 g/mol. The second-order valence-corrected chi connectivity index (χ2v) is 7.89. The number of morpholine rings is 1. The van der Waals surface area contributed by atoms with Gasteiger partial charge in [-0.3, -0.25) is 4.79 Å². The van der Waals surface area contributed by atoms with Crippen molar-refractivity contribution >= 4 is 33.5 Å². The summed E-state index contributed by atoms with van der Waals surface area (Å²) >= 11 is 6.04. The minimum Gasteiger partial charge on any atom is -0.452 e. The molecule has 9 nitrogen and oxygen atoms in total. The van der Waals surface area contributed by atoms with Crippen molar-refractivity contribution in [3.8, 4) is 0 Å². The molecule has 0 aliphatic carbocycles. The highest BCUT2D eigenvalue weighted by atomic mass is 35.5. The van der Waals surface area contributed by atoms with Gasteiger partial charge in [0.05, 0.1) is 30.4 Å². The summed E-state index contributed by atoms with van der Waals surface area (Å²) in [7, 11) is -2.38. The van der Waals surface area contributed by atoms with Crippen molar-refractivity contribution in [2.45, 2.75) is 4.90 Å². The van der Waals surface area contributed by atoms with Crippen molar-refractivity contribution in [1.29, 1.82) is 0 Å². The fourth-order valence-electron chi connectivity index (χ4n) is 2.31. The van der Waals surface area contributed by atoms with Gasteiger partial charge in [-0.2, -0.15) is 4.31 Å². The van der Waals surface area contributed by atoms with E-state index in [0.29, 0.717) is 6.61 Å². The van der Waals surface area contributed by atoms with Crippen molar-refractivity contribution in [1.82, 2.24) is 9.62 Å². The Balaban J connectivity index is 2.07. The van der Waals surface area contributed by atoms with E-state index in [4.69, 9.17) is 25.8 Å². The molecule has 0 radical (unpaired) electrons. The number of nitrogens with one attached hydrogen (secondary N) is 1. The van der Waals surface area contributed by atoms with E-state index in [9.17, 15) is 18.0 Å². The average Bonchev–Trinajstić information content (AvgIpc) is 2.67. The molecule has 0 atom stereocenters. The maximum atomic E-state index is 12.8. The first-order chi connectivity index (χ1) is 12.9. The van der Waals surface area contributed by atoms with Crippen LogP contribution in [0.1, 0.15) is 10.4 Å². The van der Waals surface area contributed by atoms with E-state index < -0.39 is 28.5 Å². The molecule has 150 valence electrons. The maximum absolute atomic E-state index is 12.8. The molecule has 1 aliphatic heterocycles.